The standard InChI is InChI=1S/C14H24N2/c1-12(2)6-4-7-13(3)16-11-14-8-5-9-15-10-14/h5,8-10,12-13,16H,4,6-7,11H2,1-3H3. The Morgan fingerprint density at radius 3 is 2.69 bits per heavy atom. The van der Waals surface area contributed by atoms with Crippen LogP contribution in [0.5, 0.6) is 0 Å². The van der Waals surface area contributed by atoms with Crippen LogP contribution in [0.25, 0.3) is 0 Å². The van der Waals surface area contributed by atoms with Gasteiger partial charge in [-0.25, -0.2) is 0 Å². The molecule has 0 aliphatic heterocycles. The highest BCUT2D eigenvalue weighted by Gasteiger charge is 2.02. The van der Waals surface area contributed by atoms with Gasteiger partial charge in [-0.15, -0.1) is 0 Å². The zero-order valence-electron chi connectivity index (χ0n) is 10.7. The van der Waals surface area contributed by atoms with Crippen LogP contribution in [0.15, 0.2) is 24.5 Å². The van der Waals surface area contributed by atoms with Gasteiger partial charge < -0.3 is 5.32 Å². The minimum Gasteiger partial charge on any atom is -0.310 e. The second-order valence-electron chi connectivity index (χ2n) is 4.97. The first-order chi connectivity index (χ1) is 7.68. The summed E-state index contributed by atoms with van der Waals surface area (Å²) in [6, 6.07) is 4.69. The topological polar surface area (TPSA) is 24.9 Å². The first-order valence-corrected chi connectivity index (χ1v) is 6.30. The molecule has 0 aromatic carbocycles. The highest BCUT2D eigenvalue weighted by atomic mass is 14.9. The molecular weight excluding hydrogens is 196 g/mol. The molecule has 0 spiro atoms. The molecule has 0 aliphatic rings. The molecule has 0 aliphatic carbocycles. The molecule has 1 atom stereocenters. The highest BCUT2D eigenvalue weighted by Crippen LogP contribution is 2.08. The Morgan fingerprint density at radius 2 is 2.06 bits per heavy atom. The summed E-state index contributed by atoms with van der Waals surface area (Å²) >= 11 is 0. The van der Waals surface area contributed by atoms with Crippen molar-refractivity contribution < 1.29 is 0 Å². The molecule has 1 aromatic rings. The van der Waals surface area contributed by atoms with Crippen molar-refractivity contribution in [2.24, 2.45) is 5.92 Å². The van der Waals surface area contributed by atoms with Gasteiger partial charge in [-0.3, -0.25) is 4.98 Å². The van der Waals surface area contributed by atoms with E-state index in [0.717, 1.165) is 12.5 Å². The van der Waals surface area contributed by atoms with Crippen LogP contribution in [-0.4, -0.2) is 11.0 Å². The number of aromatic nitrogens is 1. The van der Waals surface area contributed by atoms with E-state index in [1.54, 1.807) is 0 Å². The Labute approximate surface area is 99.5 Å². The number of nitrogens with one attached hydrogen (secondary N) is 1. The Morgan fingerprint density at radius 1 is 1.25 bits per heavy atom. The molecule has 0 bridgehead atoms. The zero-order valence-corrected chi connectivity index (χ0v) is 10.7. The van der Waals surface area contributed by atoms with Gasteiger partial charge in [-0.05, 0) is 30.9 Å². The van der Waals surface area contributed by atoms with Crippen molar-refractivity contribution in [3.05, 3.63) is 30.1 Å². The summed E-state index contributed by atoms with van der Waals surface area (Å²) in [6.07, 6.45) is 7.65. The second-order valence-corrected chi connectivity index (χ2v) is 4.97. The molecule has 90 valence electrons. The van der Waals surface area contributed by atoms with Crippen molar-refractivity contribution in [3.63, 3.8) is 0 Å². The first-order valence-electron chi connectivity index (χ1n) is 6.30. The molecule has 2 nitrogen and oxygen atoms in total. The average Bonchev–Trinajstić information content (AvgIpc) is 2.27. The molecule has 0 radical (unpaired) electrons. The zero-order chi connectivity index (χ0) is 11.8. The molecule has 0 saturated heterocycles. The maximum absolute atomic E-state index is 4.11. The van der Waals surface area contributed by atoms with Gasteiger partial charge in [0.05, 0.1) is 0 Å². The van der Waals surface area contributed by atoms with E-state index in [2.05, 4.69) is 37.1 Å². The van der Waals surface area contributed by atoms with Crippen LogP contribution in [0.3, 0.4) is 0 Å². The van der Waals surface area contributed by atoms with Crippen LogP contribution < -0.4 is 5.32 Å². The van der Waals surface area contributed by atoms with Crippen LogP contribution in [0.1, 0.15) is 45.6 Å². The number of pyridine rings is 1. The Balaban J connectivity index is 2.13. The molecule has 0 fully saturated rings. The van der Waals surface area contributed by atoms with Crippen molar-refractivity contribution in [3.8, 4) is 0 Å². The van der Waals surface area contributed by atoms with Gasteiger partial charge in [0.25, 0.3) is 0 Å². The van der Waals surface area contributed by atoms with E-state index in [9.17, 15) is 0 Å². The van der Waals surface area contributed by atoms with Gasteiger partial charge >= 0.3 is 0 Å². The maximum atomic E-state index is 4.11. The third-order valence-electron chi connectivity index (χ3n) is 2.80. The average molecular weight is 220 g/mol. The van der Waals surface area contributed by atoms with Crippen molar-refractivity contribution in [2.45, 2.75) is 52.6 Å². The van der Waals surface area contributed by atoms with Crippen LogP contribution in [0.2, 0.25) is 0 Å². The van der Waals surface area contributed by atoms with Gasteiger partial charge in [-0.1, -0.05) is 32.8 Å². The lowest BCUT2D eigenvalue weighted by molar-refractivity contribution is 0.457. The minimum absolute atomic E-state index is 0.596. The third-order valence-corrected chi connectivity index (χ3v) is 2.80. The van der Waals surface area contributed by atoms with Crippen molar-refractivity contribution >= 4 is 0 Å². The van der Waals surface area contributed by atoms with Gasteiger partial charge in [0, 0.05) is 25.0 Å². The lowest BCUT2D eigenvalue weighted by Gasteiger charge is -2.14. The molecular formula is C14H24N2. The van der Waals surface area contributed by atoms with Gasteiger partial charge in [0.2, 0.25) is 0 Å². The van der Waals surface area contributed by atoms with E-state index in [0.29, 0.717) is 6.04 Å². The molecule has 2 heteroatoms. The summed E-state index contributed by atoms with van der Waals surface area (Å²) in [5.74, 6) is 0.825. The molecule has 0 amide bonds. The Hall–Kier alpha value is -0.890. The van der Waals surface area contributed by atoms with Crippen molar-refractivity contribution in [1.82, 2.24) is 10.3 Å². The van der Waals surface area contributed by atoms with E-state index in [4.69, 9.17) is 0 Å². The Bertz CT molecular complexity index is 269. The van der Waals surface area contributed by atoms with Gasteiger partial charge in [0.1, 0.15) is 0 Å². The molecule has 1 aromatic heterocycles. The number of nitrogens with zero attached hydrogens (tertiary/aromatic N) is 1. The van der Waals surface area contributed by atoms with E-state index in [1.165, 1.54) is 24.8 Å². The van der Waals surface area contributed by atoms with Gasteiger partial charge in [0.15, 0.2) is 0 Å². The molecule has 16 heavy (non-hydrogen) atoms. The number of hydrogen-bond acceptors (Lipinski definition) is 2. The molecule has 0 saturated carbocycles. The van der Waals surface area contributed by atoms with E-state index in [1.807, 2.05) is 18.5 Å². The summed E-state index contributed by atoms with van der Waals surface area (Å²) in [5.41, 5.74) is 1.26. The van der Waals surface area contributed by atoms with E-state index in [-0.39, 0.29) is 0 Å². The molecule has 1 rings (SSSR count). The molecule has 1 N–H and O–H groups in total. The molecule has 1 heterocycles. The number of rotatable bonds is 7. The quantitative estimate of drug-likeness (QED) is 0.762. The lowest BCUT2D eigenvalue weighted by Crippen LogP contribution is -2.25. The summed E-state index contributed by atoms with van der Waals surface area (Å²) in [6.45, 7) is 7.76. The fraction of sp³-hybridized carbons (Fsp3) is 0.643. The highest BCUT2D eigenvalue weighted by molar-refractivity contribution is 5.07. The van der Waals surface area contributed by atoms with Crippen LogP contribution in [0, 0.1) is 5.92 Å². The summed E-state index contributed by atoms with van der Waals surface area (Å²) in [7, 11) is 0. The van der Waals surface area contributed by atoms with Crippen LogP contribution in [0.4, 0.5) is 0 Å². The van der Waals surface area contributed by atoms with Gasteiger partial charge in [-0.2, -0.15) is 0 Å². The monoisotopic (exact) mass is 220 g/mol. The predicted molar refractivity (Wildman–Crippen MR) is 69.2 cm³/mol. The predicted octanol–water partition coefficient (Wildman–Crippen LogP) is 3.39. The smallest absolute Gasteiger partial charge is 0.0312 e. The first kappa shape index (κ1) is 13.2. The Kier molecular flexibility index (Phi) is 6.09. The van der Waals surface area contributed by atoms with Crippen molar-refractivity contribution in [2.75, 3.05) is 0 Å². The van der Waals surface area contributed by atoms with E-state index < -0.39 is 0 Å². The van der Waals surface area contributed by atoms with Crippen LogP contribution >= 0.6 is 0 Å². The summed E-state index contributed by atoms with van der Waals surface area (Å²) < 4.78 is 0. The fourth-order valence-corrected chi connectivity index (χ4v) is 1.73. The molecule has 1 unspecified atom stereocenters. The number of hydrogen-bond donors (Lipinski definition) is 1. The normalized spacial score (nSPS) is 13.0. The lowest BCUT2D eigenvalue weighted by atomic mass is 10.0. The third kappa shape index (κ3) is 5.86. The summed E-state index contributed by atoms with van der Waals surface area (Å²) in [4.78, 5) is 4.11. The SMILES string of the molecule is CC(C)CCCC(C)NCc1cccnc1. The largest absolute Gasteiger partial charge is 0.310 e. The van der Waals surface area contributed by atoms with E-state index >= 15 is 0 Å². The minimum atomic E-state index is 0.596. The second kappa shape index (κ2) is 7.39. The fourth-order valence-electron chi connectivity index (χ4n) is 1.73. The summed E-state index contributed by atoms with van der Waals surface area (Å²) in [5, 5.41) is 3.53. The van der Waals surface area contributed by atoms with Crippen LogP contribution in [-0.2, 0) is 6.54 Å². The maximum Gasteiger partial charge on any atom is 0.0312 e. The van der Waals surface area contributed by atoms with Crippen molar-refractivity contribution in [1.29, 1.82) is 0 Å².